The molecule has 1 heterocycles. The summed E-state index contributed by atoms with van der Waals surface area (Å²) < 4.78 is 1.17. The van der Waals surface area contributed by atoms with Gasteiger partial charge in [0, 0.05) is 6.42 Å². The van der Waals surface area contributed by atoms with E-state index in [9.17, 15) is 5.21 Å². The number of imidazole rings is 1. The largest absolute Gasteiger partial charge is 0.427 e. The maximum absolute atomic E-state index is 9.73. The number of aromatic nitrogens is 2. The predicted octanol–water partition coefficient (Wildman–Crippen LogP) is 2.33. The third-order valence-corrected chi connectivity index (χ3v) is 2.59. The summed E-state index contributed by atoms with van der Waals surface area (Å²) in [7, 11) is 0. The molecule has 2 rings (SSSR count). The molecule has 0 aliphatic heterocycles. The molecule has 1 aromatic carbocycles. The van der Waals surface area contributed by atoms with Gasteiger partial charge in [0.05, 0.1) is 11.4 Å². The third-order valence-electron chi connectivity index (χ3n) is 2.59. The zero-order valence-electron chi connectivity index (χ0n) is 8.94. The molecule has 0 fully saturated rings. The summed E-state index contributed by atoms with van der Waals surface area (Å²) in [6.45, 7) is 3.76. The standard InChI is InChI=1S/C12H14N2O/c1-9-10(2)14(15)12(13-9)8-11-6-4-3-5-7-11/h3-7,15H,8H2,1-2H3. The van der Waals surface area contributed by atoms with Gasteiger partial charge < -0.3 is 5.21 Å². The van der Waals surface area contributed by atoms with E-state index in [2.05, 4.69) is 4.98 Å². The fraction of sp³-hybridized carbons (Fsp3) is 0.250. The van der Waals surface area contributed by atoms with Gasteiger partial charge in [-0.3, -0.25) is 0 Å². The molecule has 2 aromatic rings. The Morgan fingerprint density at radius 1 is 1.20 bits per heavy atom. The number of hydrogen-bond donors (Lipinski definition) is 1. The van der Waals surface area contributed by atoms with Crippen molar-refractivity contribution in [3.05, 3.63) is 53.1 Å². The highest BCUT2D eigenvalue weighted by Gasteiger charge is 2.09. The van der Waals surface area contributed by atoms with Crippen molar-refractivity contribution in [1.82, 2.24) is 9.71 Å². The van der Waals surface area contributed by atoms with E-state index >= 15 is 0 Å². The number of rotatable bonds is 2. The van der Waals surface area contributed by atoms with Crippen molar-refractivity contribution in [2.24, 2.45) is 0 Å². The number of aryl methyl sites for hydroxylation is 1. The van der Waals surface area contributed by atoms with Crippen molar-refractivity contribution in [3.8, 4) is 0 Å². The lowest BCUT2D eigenvalue weighted by atomic mass is 10.1. The first kappa shape index (κ1) is 9.77. The van der Waals surface area contributed by atoms with E-state index in [1.807, 2.05) is 44.2 Å². The number of nitrogens with zero attached hydrogens (tertiary/aromatic N) is 2. The smallest absolute Gasteiger partial charge is 0.149 e. The molecule has 0 aliphatic carbocycles. The highest BCUT2D eigenvalue weighted by molar-refractivity contribution is 5.21. The van der Waals surface area contributed by atoms with Gasteiger partial charge in [-0.2, -0.15) is 4.73 Å². The van der Waals surface area contributed by atoms with Gasteiger partial charge in [-0.1, -0.05) is 30.3 Å². The van der Waals surface area contributed by atoms with E-state index in [1.54, 1.807) is 0 Å². The summed E-state index contributed by atoms with van der Waals surface area (Å²) in [5.41, 5.74) is 2.84. The Morgan fingerprint density at radius 3 is 2.40 bits per heavy atom. The van der Waals surface area contributed by atoms with Crippen LogP contribution in [0.5, 0.6) is 0 Å². The maximum Gasteiger partial charge on any atom is 0.149 e. The van der Waals surface area contributed by atoms with Crippen LogP contribution in [0.15, 0.2) is 30.3 Å². The normalized spacial score (nSPS) is 10.5. The SMILES string of the molecule is Cc1nc(Cc2ccccc2)n(O)c1C. The Kier molecular flexibility index (Phi) is 2.46. The van der Waals surface area contributed by atoms with E-state index in [4.69, 9.17) is 0 Å². The van der Waals surface area contributed by atoms with Crippen LogP contribution >= 0.6 is 0 Å². The second-order valence-electron chi connectivity index (χ2n) is 3.67. The van der Waals surface area contributed by atoms with Crippen LogP contribution in [0.4, 0.5) is 0 Å². The molecule has 0 amide bonds. The third kappa shape index (κ3) is 1.86. The van der Waals surface area contributed by atoms with Gasteiger partial charge in [0.25, 0.3) is 0 Å². The summed E-state index contributed by atoms with van der Waals surface area (Å²) in [4.78, 5) is 4.32. The Morgan fingerprint density at radius 2 is 1.87 bits per heavy atom. The van der Waals surface area contributed by atoms with Crippen molar-refractivity contribution < 1.29 is 5.21 Å². The first-order chi connectivity index (χ1) is 7.18. The lowest BCUT2D eigenvalue weighted by Gasteiger charge is -2.01. The van der Waals surface area contributed by atoms with Crippen LogP contribution in [-0.2, 0) is 6.42 Å². The minimum absolute atomic E-state index is 0.659. The first-order valence-electron chi connectivity index (χ1n) is 4.96. The van der Waals surface area contributed by atoms with Crippen molar-refractivity contribution in [2.45, 2.75) is 20.3 Å². The van der Waals surface area contributed by atoms with Gasteiger partial charge >= 0.3 is 0 Å². The van der Waals surface area contributed by atoms with Crippen LogP contribution in [0.25, 0.3) is 0 Å². The van der Waals surface area contributed by atoms with Gasteiger partial charge in [-0.25, -0.2) is 4.98 Å². The molecule has 0 unspecified atom stereocenters. The molecule has 78 valence electrons. The van der Waals surface area contributed by atoms with Crippen LogP contribution in [0.3, 0.4) is 0 Å². The summed E-state index contributed by atoms with van der Waals surface area (Å²) in [5.74, 6) is 0.691. The highest BCUT2D eigenvalue weighted by Crippen LogP contribution is 2.11. The molecule has 0 saturated heterocycles. The highest BCUT2D eigenvalue weighted by atomic mass is 16.5. The van der Waals surface area contributed by atoms with Crippen LogP contribution in [0, 0.1) is 13.8 Å². The van der Waals surface area contributed by atoms with E-state index in [-0.39, 0.29) is 0 Å². The fourth-order valence-electron chi connectivity index (χ4n) is 1.56. The van der Waals surface area contributed by atoms with Gasteiger partial charge in [0.2, 0.25) is 0 Å². The van der Waals surface area contributed by atoms with Crippen molar-refractivity contribution in [2.75, 3.05) is 0 Å². The lowest BCUT2D eigenvalue weighted by Crippen LogP contribution is -2.01. The lowest BCUT2D eigenvalue weighted by molar-refractivity contribution is 0.170. The van der Waals surface area contributed by atoms with E-state index < -0.39 is 0 Å². The molecule has 0 bridgehead atoms. The Labute approximate surface area is 89.0 Å². The molecule has 0 spiro atoms. The molecule has 3 nitrogen and oxygen atoms in total. The van der Waals surface area contributed by atoms with Crippen LogP contribution in [0.1, 0.15) is 22.8 Å². The number of hydrogen-bond acceptors (Lipinski definition) is 2. The molecule has 0 saturated carbocycles. The Balaban J connectivity index is 2.29. The Bertz CT molecular complexity index is 460. The fourth-order valence-corrected chi connectivity index (χ4v) is 1.56. The number of benzene rings is 1. The maximum atomic E-state index is 9.73. The molecule has 1 aromatic heterocycles. The van der Waals surface area contributed by atoms with Gasteiger partial charge in [0.15, 0.2) is 0 Å². The van der Waals surface area contributed by atoms with E-state index in [0.717, 1.165) is 17.0 Å². The molecular formula is C12H14N2O. The predicted molar refractivity (Wildman–Crippen MR) is 58.1 cm³/mol. The molecule has 1 N–H and O–H groups in total. The van der Waals surface area contributed by atoms with Crippen molar-refractivity contribution in [1.29, 1.82) is 0 Å². The molecule has 3 heteroatoms. The average molecular weight is 202 g/mol. The minimum Gasteiger partial charge on any atom is -0.427 e. The topological polar surface area (TPSA) is 38.0 Å². The van der Waals surface area contributed by atoms with E-state index in [1.165, 1.54) is 4.73 Å². The quantitative estimate of drug-likeness (QED) is 0.759. The van der Waals surface area contributed by atoms with Crippen molar-refractivity contribution >= 4 is 0 Å². The van der Waals surface area contributed by atoms with Crippen molar-refractivity contribution in [3.63, 3.8) is 0 Å². The summed E-state index contributed by atoms with van der Waals surface area (Å²) in [6, 6.07) is 10.0. The van der Waals surface area contributed by atoms with Gasteiger partial charge in [-0.15, -0.1) is 0 Å². The summed E-state index contributed by atoms with van der Waals surface area (Å²) in [5, 5.41) is 9.73. The van der Waals surface area contributed by atoms with Crippen LogP contribution < -0.4 is 0 Å². The van der Waals surface area contributed by atoms with Gasteiger partial charge in [-0.05, 0) is 19.4 Å². The molecule has 0 radical (unpaired) electrons. The molecule has 0 aliphatic rings. The second kappa shape index (κ2) is 3.77. The zero-order chi connectivity index (χ0) is 10.8. The van der Waals surface area contributed by atoms with Crippen LogP contribution in [-0.4, -0.2) is 14.9 Å². The monoisotopic (exact) mass is 202 g/mol. The summed E-state index contributed by atoms with van der Waals surface area (Å²) in [6.07, 6.45) is 0.659. The molecule has 0 atom stereocenters. The zero-order valence-corrected chi connectivity index (χ0v) is 8.94. The van der Waals surface area contributed by atoms with Gasteiger partial charge in [0.1, 0.15) is 5.82 Å². The minimum atomic E-state index is 0.659. The first-order valence-corrected chi connectivity index (χ1v) is 4.96. The molecular weight excluding hydrogens is 188 g/mol. The second-order valence-corrected chi connectivity index (χ2v) is 3.67. The Hall–Kier alpha value is -1.77. The summed E-state index contributed by atoms with van der Waals surface area (Å²) >= 11 is 0. The average Bonchev–Trinajstić information content (AvgIpc) is 2.48. The molecule has 15 heavy (non-hydrogen) atoms. The van der Waals surface area contributed by atoms with E-state index in [0.29, 0.717) is 12.2 Å². The van der Waals surface area contributed by atoms with Crippen LogP contribution in [0.2, 0.25) is 0 Å².